The van der Waals surface area contributed by atoms with Gasteiger partial charge in [0.1, 0.15) is 17.5 Å². The normalized spacial score (nSPS) is 12.2. The number of likely N-dealkylation sites (N-methyl/N-ethyl adjacent to an activating group) is 1. The smallest absolute Gasteiger partial charge is 0.405 e. The van der Waals surface area contributed by atoms with Crippen LogP contribution in [0.4, 0.5) is 14.9 Å². The van der Waals surface area contributed by atoms with E-state index in [0.717, 1.165) is 0 Å². The number of carbonyl (C=O) groups is 3. The Morgan fingerprint density at radius 3 is 2.62 bits per heavy atom. The van der Waals surface area contributed by atoms with Gasteiger partial charge in [-0.1, -0.05) is 19.9 Å². The van der Waals surface area contributed by atoms with Gasteiger partial charge in [0.25, 0.3) is 5.56 Å². The van der Waals surface area contributed by atoms with Crippen LogP contribution in [0.25, 0.3) is 11.0 Å². The third kappa shape index (κ3) is 7.55. The maximum atomic E-state index is 14.5. The summed E-state index contributed by atoms with van der Waals surface area (Å²) in [6.07, 6.45) is 3.56. The van der Waals surface area contributed by atoms with Crippen LogP contribution in [0.2, 0.25) is 0 Å². The third-order valence-electron chi connectivity index (χ3n) is 6.29. The minimum atomic E-state index is -1.39. The molecule has 12 heteroatoms. The zero-order chi connectivity index (χ0) is 29.6. The average Bonchev–Trinajstić information content (AvgIpc) is 3.29. The first-order valence-electron chi connectivity index (χ1n) is 12.9. The first-order chi connectivity index (χ1) is 18.9. The van der Waals surface area contributed by atoms with Crippen LogP contribution in [0.15, 0.2) is 41.3 Å². The minimum absolute atomic E-state index is 0.0214. The second-order valence-corrected chi connectivity index (χ2v) is 10.2. The van der Waals surface area contributed by atoms with Gasteiger partial charge in [0.15, 0.2) is 0 Å². The van der Waals surface area contributed by atoms with E-state index in [0.29, 0.717) is 34.4 Å². The van der Waals surface area contributed by atoms with Crippen LogP contribution >= 0.6 is 0 Å². The summed E-state index contributed by atoms with van der Waals surface area (Å²) in [5.41, 5.74) is 2.46. The lowest BCUT2D eigenvalue weighted by Crippen LogP contribution is -2.44. The Labute approximate surface area is 231 Å². The Bertz CT molecular complexity index is 1490. The number of pyridine rings is 2. The number of allylic oxidation sites excluding steroid dienone is 1. The van der Waals surface area contributed by atoms with Gasteiger partial charge in [-0.05, 0) is 56.4 Å². The zero-order valence-corrected chi connectivity index (χ0v) is 23.2. The number of fused-ring (bicyclic) bond motifs is 1. The van der Waals surface area contributed by atoms with E-state index in [1.807, 2.05) is 13.8 Å². The van der Waals surface area contributed by atoms with Gasteiger partial charge in [0, 0.05) is 31.0 Å². The van der Waals surface area contributed by atoms with Crippen molar-refractivity contribution in [3.05, 3.63) is 69.7 Å². The average molecular weight is 555 g/mol. The number of aromatic nitrogens is 3. The van der Waals surface area contributed by atoms with Crippen molar-refractivity contribution in [2.24, 2.45) is 5.92 Å². The number of carbonyl (C=O) groups excluding carboxylic acids is 2. The summed E-state index contributed by atoms with van der Waals surface area (Å²) in [7, 11) is 3.20. The number of halogens is 1. The van der Waals surface area contributed by atoms with Crippen LogP contribution in [0, 0.1) is 18.7 Å². The molecule has 0 aliphatic rings. The fourth-order valence-electron chi connectivity index (χ4n) is 4.21. The predicted octanol–water partition coefficient (Wildman–Crippen LogP) is 3.42. The number of anilines is 1. The van der Waals surface area contributed by atoms with Crippen molar-refractivity contribution in [3.8, 4) is 0 Å². The van der Waals surface area contributed by atoms with E-state index >= 15 is 0 Å². The fraction of sp³-hybridized carbons (Fsp3) is 0.393. The van der Waals surface area contributed by atoms with Gasteiger partial charge in [-0.3, -0.25) is 19.4 Å². The lowest BCUT2D eigenvalue weighted by Gasteiger charge is -2.17. The molecule has 214 valence electrons. The molecule has 0 spiro atoms. The topological polar surface area (TPSA) is 149 Å². The Balaban J connectivity index is 1.82. The number of nitrogens with one attached hydrogen (secondary N) is 3. The lowest BCUT2D eigenvalue weighted by atomic mass is 10.0. The summed E-state index contributed by atoms with van der Waals surface area (Å²) < 4.78 is 15.9. The number of hydrogen-bond acceptors (Lipinski definition) is 5. The molecule has 0 aliphatic heterocycles. The van der Waals surface area contributed by atoms with Crippen molar-refractivity contribution in [2.45, 2.75) is 52.6 Å². The maximum Gasteiger partial charge on any atom is 0.405 e. The van der Waals surface area contributed by atoms with Gasteiger partial charge in [-0.25, -0.2) is 9.18 Å². The minimum Gasteiger partial charge on any atom is -0.465 e. The summed E-state index contributed by atoms with van der Waals surface area (Å²) in [5.74, 6) is -1.10. The van der Waals surface area contributed by atoms with Gasteiger partial charge in [-0.15, -0.1) is 0 Å². The number of amides is 3. The molecule has 0 saturated carbocycles. The van der Waals surface area contributed by atoms with E-state index in [4.69, 9.17) is 0 Å². The number of H-pyrrole nitrogens is 1. The summed E-state index contributed by atoms with van der Waals surface area (Å²) >= 11 is 0. The third-order valence-corrected chi connectivity index (χ3v) is 6.29. The molecule has 0 aromatic carbocycles. The van der Waals surface area contributed by atoms with Crippen LogP contribution in [0.1, 0.15) is 43.6 Å². The van der Waals surface area contributed by atoms with Crippen molar-refractivity contribution >= 4 is 34.6 Å². The molecule has 11 nitrogen and oxygen atoms in total. The molecule has 0 fully saturated rings. The summed E-state index contributed by atoms with van der Waals surface area (Å²) in [6, 6.07) is 3.73. The van der Waals surface area contributed by atoms with Gasteiger partial charge >= 0.3 is 6.09 Å². The summed E-state index contributed by atoms with van der Waals surface area (Å²) in [5, 5.41) is 13.9. The lowest BCUT2D eigenvalue weighted by molar-refractivity contribution is -0.123. The highest BCUT2D eigenvalue weighted by Crippen LogP contribution is 2.23. The van der Waals surface area contributed by atoms with Gasteiger partial charge in [0.2, 0.25) is 11.8 Å². The van der Waals surface area contributed by atoms with E-state index in [9.17, 15) is 28.7 Å². The molecule has 3 heterocycles. The quantitative estimate of drug-likeness (QED) is 0.267. The molecule has 3 aromatic heterocycles. The molecule has 3 aromatic rings. The number of carboxylic acid groups (broad SMARTS) is 1. The molecule has 3 amide bonds. The molecular formula is C28H35FN6O5. The Hall–Kier alpha value is -4.48. The molecular weight excluding hydrogens is 519 g/mol. The standard InChI is InChI=1S/C28H35FN6O5/c1-16(2)12-19-20(29)14-30-23-13-18(31-25(19)23)15-35-17(3)10-11-22(27(35)38)32-26(37)21(33-28(39)40)8-6-7-9-24(36)34(4)5/h7,9-11,13-14,16,21,31,33H,6,8,12,15H2,1-5H3,(H,32,37)(H,39,40)/b9-7+. The Morgan fingerprint density at radius 1 is 1.25 bits per heavy atom. The zero-order valence-electron chi connectivity index (χ0n) is 23.2. The predicted molar refractivity (Wildman–Crippen MR) is 150 cm³/mol. The van der Waals surface area contributed by atoms with Gasteiger partial charge in [-0.2, -0.15) is 0 Å². The number of aryl methyl sites for hydroxylation is 1. The van der Waals surface area contributed by atoms with E-state index in [1.54, 1.807) is 39.2 Å². The second-order valence-electron chi connectivity index (χ2n) is 10.2. The largest absolute Gasteiger partial charge is 0.465 e. The number of aromatic amines is 1. The maximum absolute atomic E-state index is 14.5. The molecule has 40 heavy (non-hydrogen) atoms. The highest BCUT2D eigenvalue weighted by atomic mass is 19.1. The SMILES string of the molecule is Cc1ccc(NC(=O)C(CC/C=C/C(=O)N(C)C)NC(=O)O)c(=O)n1Cc1cc2ncc(F)c(CC(C)C)c2[nH]1. The Kier molecular flexibility index (Phi) is 9.81. The summed E-state index contributed by atoms with van der Waals surface area (Å²) in [6.45, 7) is 5.86. The van der Waals surface area contributed by atoms with Crippen LogP contribution < -0.4 is 16.2 Å². The number of hydrogen-bond donors (Lipinski definition) is 4. The van der Waals surface area contributed by atoms with E-state index < -0.39 is 29.4 Å². The fourth-order valence-corrected chi connectivity index (χ4v) is 4.21. The monoisotopic (exact) mass is 554 g/mol. The number of nitrogens with zero attached hydrogens (tertiary/aromatic N) is 3. The van der Waals surface area contributed by atoms with Crippen molar-refractivity contribution in [3.63, 3.8) is 0 Å². The molecule has 0 bridgehead atoms. The van der Waals surface area contributed by atoms with Gasteiger partial charge in [0.05, 0.1) is 23.8 Å². The molecule has 0 saturated heterocycles. The van der Waals surface area contributed by atoms with Crippen LogP contribution in [0.3, 0.4) is 0 Å². The molecule has 0 aliphatic carbocycles. The van der Waals surface area contributed by atoms with Crippen molar-refractivity contribution < 1.29 is 23.9 Å². The molecule has 1 unspecified atom stereocenters. The molecule has 3 rings (SSSR count). The first kappa shape index (κ1) is 30.1. The van der Waals surface area contributed by atoms with E-state index in [1.165, 1.54) is 27.8 Å². The van der Waals surface area contributed by atoms with Crippen LogP contribution in [0.5, 0.6) is 0 Å². The van der Waals surface area contributed by atoms with Crippen molar-refractivity contribution in [1.29, 1.82) is 0 Å². The molecule has 1 atom stereocenters. The van der Waals surface area contributed by atoms with E-state index in [-0.39, 0.29) is 36.9 Å². The number of rotatable bonds is 11. The molecule has 0 radical (unpaired) electrons. The van der Waals surface area contributed by atoms with Crippen LogP contribution in [-0.4, -0.2) is 62.6 Å². The van der Waals surface area contributed by atoms with Crippen molar-refractivity contribution in [2.75, 3.05) is 19.4 Å². The Morgan fingerprint density at radius 2 is 1.98 bits per heavy atom. The summed E-state index contributed by atoms with van der Waals surface area (Å²) in [4.78, 5) is 58.0. The molecule has 4 N–H and O–H groups in total. The van der Waals surface area contributed by atoms with Crippen molar-refractivity contribution in [1.82, 2.24) is 24.8 Å². The van der Waals surface area contributed by atoms with E-state index in [2.05, 4.69) is 20.6 Å². The second kappa shape index (κ2) is 13.0. The van der Waals surface area contributed by atoms with Crippen LogP contribution in [-0.2, 0) is 22.6 Å². The first-order valence-corrected chi connectivity index (χ1v) is 12.9. The highest BCUT2D eigenvalue weighted by molar-refractivity contribution is 5.96. The highest BCUT2D eigenvalue weighted by Gasteiger charge is 2.22. The van der Waals surface area contributed by atoms with Gasteiger partial charge < -0.3 is 30.2 Å².